The summed E-state index contributed by atoms with van der Waals surface area (Å²) in [5.74, 6) is -1.80. The van der Waals surface area contributed by atoms with Crippen LogP contribution in [0.4, 0.5) is 0 Å². The van der Waals surface area contributed by atoms with Gasteiger partial charge in [0, 0.05) is 19.3 Å². The number of hydrogen-bond acceptors (Lipinski definition) is 7. The van der Waals surface area contributed by atoms with E-state index >= 15 is 0 Å². The molecule has 0 fully saturated rings. The molecule has 0 saturated carbocycles. The van der Waals surface area contributed by atoms with Crippen molar-refractivity contribution in [3.63, 3.8) is 0 Å². The molecule has 2 unspecified atom stereocenters. The fourth-order valence-electron chi connectivity index (χ4n) is 4.91. The molecule has 0 aromatic heterocycles. The molecule has 0 spiro atoms. The Labute approximate surface area is 263 Å². The number of esters is 2. The van der Waals surface area contributed by atoms with Crippen molar-refractivity contribution in [1.29, 1.82) is 0 Å². The number of nitrogens with zero attached hydrogens (tertiary/aromatic N) is 1. The van der Waals surface area contributed by atoms with Crippen LogP contribution in [0.1, 0.15) is 142 Å². The van der Waals surface area contributed by atoms with Gasteiger partial charge in [0.05, 0.1) is 40.3 Å². The fraction of sp³-hybridized carbons (Fsp3) is 0.857. The Kier molecular flexibility index (Phi) is 26.4. The van der Waals surface area contributed by atoms with Gasteiger partial charge in [-0.15, -0.1) is 0 Å². The lowest BCUT2D eigenvalue weighted by Gasteiger charge is -2.34. The summed E-state index contributed by atoms with van der Waals surface area (Å²) < 4.78 is 16.9. The Morgan fingerprint density at radius 1 is 0.674 bits per heavy atom. The zero-order valence-corrected chi connectivity index (χ0v) is 28.4. The number of rotatable bonds is 30. The number of carboxylic acids is 1. The van der Waals surface area contributed by atoms with Crippen molar-refractivity contribution >= 4 is 17.9 Å². The largest absolute Gasteiger partial charge is 0.544 e. The van der Waals surface area contributed by atoms with Gasteiger partial charge in [0.15, 0.2) is 6.10 Å². The first kappa shape index (κ1) is 41.1. The number of allylic oxidation sites excluding steroid dienone is 2. The highest BCUT2D eigenvalue weighted by molar-refractivity contribution is 5.70. The fourth-order valence-corrected chi connectivity index (χ4v) is 4.91. The number of carbonyl (C=O) groups is 3. The second-order valence-corrected chi connectivity index (χ2v) is 12.8. The molecule has 2 atom stereocenters. The summed E-state index contributed by atoms with van der Waals surface area (Å²) >= 11 is 0. The smallest absolute Gasteiger partial charge is 0.306 e. The predicted molar refractivity (Wildman–Crippen MR) is 171 cm³/mol. The number of ether oxygens (including phenoxy) is 3. The first-order valence-corrected chi connectivity index (χ1v) is 17.2. The van der Waals surface area contributed by atoms with E-state index in [1.54, 1.807) is 21.1 Å². The molecule has 0 radical (unpaired) electrons. The molecule has 0 aromatic rings. The average molecular weight is 612 g/mol. The quantitative estimate of drug-likeness (QED) is 0.0386. The highest BCUT2D eigenvalue weighted by Gasteiger charge is 2.25. The predicted octanol–water partition coefficient (Wildman–Crippen LogP) is 6.68. The molecule has 0 aliphatic heterocycles. The van der Waals surface area contributed by atoms with Crippen LogP contribution in [0, 0.1) is 0 Å². The Morgan fingerprint density at radius 3 is 1.77 bits per heavy atom. The molecular weight excluding hydrogens is 546 g/mol. The summed E-state index contributed by atoms with van der Waals surface area (Å²) in [6, 6.07) is -0.723. The van der Waals surface area contributed by atoms with Crippen LogP contribution in [0.3, 0.4) is 0 Å². The van der Waals surface area contributed by atoms with Crippen LogP contribution in [0.5, 0.6) is 0 Å². The van der Waals surface area contributed by atoms with Crippen LogP contribution in [0.15, 0.2) is 12.2 Å². The van der Waals surface area contributed by atoms with Crippen molar-refractivity contribution in [1.82, 2.24) is 0 Å². The molecule has 0 saturated heterocycles. The first-order valence-electron chi connectivity index (χ1n) is 17.2. The second-order valence-electron chi connectivity index (χ2n) is 12.8. The van der Waals surface area contributed by atoms with Gasteiger partial charge in [-0.2, -0.15) is 0 Å². The zero-order valence-electron chi connectivity index (χ0n) is 28.4. The molecule has 0 heterocycles. The van der Waals surface area contributed by atoms with Crippen molar-refractivity contribution in [2.24, 2.45) is 0 Å². The normalized spacial score (nSPS) is 13.2. The minimum atomic E-state index is -1.13. The van der Waals surface area contributed by atoms with Gasteiger partial charge in [0.2, 0.25) is 0 Å². The van der Waals surface area contributed by atoms with E-state index in [2.05, 4.69) is 19.9 Å². The monoisotopic (exact) mass is 611 g/mol. The van der Waals surface area contributed by atoms with E-state index < -0.39 is 18.1 Å². The number of hydrogen-bond donors (Lipinski definition) is 0. The molecule has 0 N–H and O–H groups in total. The molecule has 0 aromatic carbocycles. The molecule has 252 valence electrons. The zero-order chi connectivity index (χ0) is 32.2. The van der Waals surface area contributed by atoms with E-state index in [-0.39, 0.29) is 49.1 Å². The van der Waals surface area contributed by atoms with Gasteiger partial charge < -0.3 is 28.6 Å². The van der Waals surface area contributed by atoms with Crippen LogP contribution >= 0.6 is 0 Å². The number of aliphatic carboxylic acids is 1. The van der Waals surface area contributed by atoms with E-state index in [4.69, 9.17) is 14.2 Å². The van der Waals surface area contributed by atoms with Gasteiger partial charge in [-0.3, -0.25) is 9.59 Å². The standard InChI is InChI=1S/C35H65NO7/c1-6-8-10-12-14-15-16-17-18-20-22-24-26-34(38)43-31(29-41-28-27-32(35(39)40)36(3,4)5)30-42-33(37)25-23-21-19-13-11-9-7-2/h19,21,31-32H,6-18,20,22-30H2,1-5H3/b21-19+. The Bertz CT molecular complexity index is 732. The lowest BCUT2D eigenvalue weighted by atomic mass is 10.0. The SMILES string of the molecule is CCCCC/C=C/CCC(=O)OCC(COCCC(C(=O)[O-])[N+](C)(C)C)OC(=O)CCCCCCCCCCCCCC. The first-order chi connectivity index (χ1) is 20.6. The van der Waals surface area contributed by atoms with Crippen LogP contribution in [0.2, 0.25) is 0 Å². The maximum atomic E-state index is 12.5. The molecule has 0 aliphatic carbocycles. The van der Waals surface area contributed by atoms with Crippen LogP contribution in [-0.4, -0.2) is 75.5 Å². The number of carbonyl (C=O) groups excluding carboxylic acids is 3. The molecule has 0 rings (SSSR count). The second kappa shape index (κ2) is 27.6. The Morgan fingerprint density at radius 2 is 1.21 bits per heavy atom. The lowest BCUT2D eigenvalue weighted by Crippen LogP contribution is -2.55. The van der Waals surface area contributed by atoms with E-state index in [1.807, 2.05) is 6.08 Å². The van der Waals surface area contributed by atoms with E-state index in [9.17, 15) is 19.5 Å². The average Bonchev–Trinajstić information content (AvgIpc) is 2.94. The lowest BCUT2D eigenvalue weighted by molar-refractivity contribution is -0.889. The third-order valence-corrected chi connectivity index (χ3v) is 7.67. The van der Waals surface area contributed by atoms with Gasteiger partial charge >= 0.3 is 11.9 Å². The Hall–Kier alpha value is -1.93. The van der Waals surface area contributed by atoms with E-state index in [0.717, 1.165) is 32.1 Å². The number of likely N-dealkylation sites (N-methyl/N-ethyl adjacent to an activating group) is 1. The van der Waals surface area contributed by atoms with Crippen molar-refractivity contribution in [2.45, 2.75) is 154 Å². The summed E-state index contributed by atoms with van der Waals surface area (Å²) in [5, 5.41) is 11.5. The molecule has 8 heteroatoms. The molecule has 43 heavy (non-hydrogen) atoms. The van der Waals surface area contributed by atoms with Crippen molar-refractivity contribution in [3.05, 3.63) is 12.2 Å². The van der Waals surface area contributed by atoms with Gasteiger partial charge in [0.1, 0.15) is 12.6 Å². The highest BCUT2D eigenvalue weighted by Crippen LogP contribution is 2.13. The van der Waals surface area contributed by atoms with Gasteiger partial charge in [-0.05, 0) is 25.7 Å². The van der Waals surface area contributed by atoms with Gasteiger partial charge in [-0.25, -0.2) is 0 Å². The summed E-state index contributed by atoms with van der Waals surface area (Å²) in [7, 11) is 5.38. The van der Waals surface area contributed by atoms with Crippen LogP contribution in [0.25, 0.3) is 0 Å². The minimum Gasteiger partial charge on any atom is -0.544 e. The third kappa shape index (κ3) is 26.2. The number of carboxylic acid groups (broad SMARTS) is 1. The molecule has 8 nitrogen and oxygen atoms in total. The minimum absolute atomic E-state index is 0.0334. The summed E-state index contributed by atoms with van der Waals surface area (Å²) in [6.45, 7) is 4.53. The third-order valence-electron chi connectivity index (χ3n) is 7.67. The van der Waals surface area contributed by atoms with Gasteiger partial charge in [-0.1, -0.05) is 109 Å². The number of quaternary nitrogens is 1. The molecule has 0 aliphatic rings. The van der Waals surface area contributed by atoms with E-state index in [0.29, 0.717) is 12.8 Å². The summed E-state index contributed by atoms with van der Waals surface area (Å²) in [4.78, 5) is 36.3. The summed E-state index contributed by atoms with van der Waals surface area (Å²) in [5.41, 5.74) is 0. The van der Waals surface area contributed by atoms with E-state index in [1.165, 1.54) is 70.6 Å². The van der Waals surface area contributed by atoms with Gasteiger partial charge in [0.25, 0.3) is 0 Å². The van der Waals surface area contributed by atoms with Crippen molar-refractivity contribution in [2.75, 3.05) is 41.0 Å². The maximum absolute atomic E-state index is 12.5. The van der Waals surface area contributed by atoms with Crippen LogP contribution in [-0.2, 0) is 28.6 Å². The molecular formula is C35H65NO7. The van der Waals surface area contributed by atoms with Crippen LogP contribution < -0.4 is 5.11 Å². The topological polar surface area (TPSA) is 102 Å². The number of unbranched alkanes of at least 4 members (excludes halogenated alkanes) is 14. The van der Waals surface area contributed by atoms with Crippen molar-refractivity contribution < 1.29 is 38.2 Å². The van der Waals surface area contributed by atoms with Crippen molar-refractivity contribution in [3.8, 4) is 0 Å². The maximum Gasteiger partial charge on any atom is 0.306 e. The Balaban J connectivity index is 4.47. The molecule has 0 bridgehead atoms. The highest BCUT2D eigenvalue weighted by atomic mass is 16.6. The molecule has 0 amide bonds. The summed E-state index contributed by atoms with van der Waals surface area (Å²) in [6.07, 6.45) is 24.0.